The number of allylic oxidation sites excluding steroid dienone is 4. The predicted molar refractivity (Wildman–Crippen MR) is 154 cm³/mol. The minimum absolute atomic E-state index is 0. The zero-order valence-electron chi connectivity index (χ0n) is 25.0. The molecule has 0 aromatic heterocycles. The van der Waals surface area contributed by atoms with Gasteiger partial charge >= 0.3 is 35.5 Å². The maximum absolute atomic E-state index is 10.3. The summed E-state index contributed by atoms with van der Waals surface area (Å²) in [5, 5.41) is 8.50. The summed E-state index contributed by atoms with van der Waals surface area (Å²) in [7, 11) is -4.48. The van der Waals surface area contributed by atoms with E-state index in [1.54, 1.807) is 0 Å². The van der Waals surface area contributed by atoms with Gasteiger partial charge in [0.2, 0.25) is 10.4 Å². The second kappa shape index (κ2) is 34.8. The molecule has 0 aliphatic rings. The molecule has 0 saturated heterocycles. The first-order chi connectivity index (χ1) is 17.8. The van der Waals surface area contributed by atoms with Crippen LogP contribution < -0.4 is 29.6 Å². The summed E-state index contributed by atoms with van der Waals surface area (Å²) in [5.74, 6) is -0.671. The number of unbranched alkanes of at least 4 members (excludes halogenated alkanes) is 17. The third kappa shape index (κ3) is 45.7. The van der Waals surface area contributed by atoms with E-state index in [0.29, 0.717) is 12.8 Å². The number of carboxylic acid groups (broad SMARTS) is 1. The number of carbonyl (C=O) groups is 1. The zero-order valence-corrected chi connectivity index (χ0v) is 27.8. The Bertz CT molecular complexity index is 635. The molecule has 0 saturated carbocycles. The van der Waals surface area contributed by atoms with Crippen molar-refractivity contribution in [2.75, 3.05) is 6.61 Å². The van der Waals surface area contributed by atoms with Crippen LogP contribution in [0.3, 0.4) is 0 Å². The molecule has 0 aromatic rings. The summed E-state index contributed by atoms with van der Waals surface area (Å²) in [6.07, 6.45) is 34.0. The molecule has 1 N–H and O–H groups in total. The van der Waals surface area contributed by atoms with Gasteiger partial charge in [0.05, 0.1) is 6.61 Å². The van der Waals surface area contributed by atoms with Crippen molar-refractivity contribution >= 4 is 16.4 Å². The molecule has 220 valence electrons. The van der Waals surface area contributed by atoms with Gasteiger partial charge in [-0.15, -0.1) is 0 Å². The van der Waals surface area contributed by atoms with Crippen molar-refractivity contribution < 1.29 is 56.6 Å². The molecule has 0 fully saturated rings. The molecule has 0 aliphatic carbocycles. The van der Waals surface area contributed by atoms with Gasteiger partial charge in [-0.05, 0) is 44.9 Å². The minimum atomic E-state index is -4.48. The second-order valence-corrected chi connectivity index (χ2v) is 10.8. The van der Waals surface area contributed by atoms with Crippen molar-refractivity contribution in [2.45, 2.75) is 155 Å². The first-order valence-electron chi connectivity index (χ1n) is 15.0. The fourth-order valence-electron chi connectivity index (χ4n) is 3.84. The van der Waals surface area contributed by atoms with Gasteiger partial charge in [-0.1, -0.05) is 128 Å². The largest absolute Gasteiger partial charge is 1.00 e. The molecule has 0 rings (SSSR count). The molecule has 0 radical (unpaired) electrons. The van der Waals surface area contributed by atoms with Crippen molar-refractivity contribution in [3.63, 3.8) is 0 Å². The standard InChI is InChI=1S/C18H32O2.C12H26O4S.Na/c1-2-3-4-5-6-7-8-9-10-11-12-13-14-15-16-17-18(19)20;1-2-3-4-5-6-7-8-9-10-11-12-16-17(13,14)15;/h6-7,9-10H,2-5,8,11-17H2,1H3,(H,19,20);2-12H2,1H3,(H,13,14,15);/q;;+1/p-1/b7-6-,10-9-;;. The van der Waals surface area contributed by atoms with Gasteiger partial charge < -0.3 is 9.66 Å². The molecule has 0 unspecified atom stereocenters. The van der Waals surface area contributed by atoms with Crippen LogP contribution in [0.1, 0.15) is 155 Å². The third-order valence-corrected chi connectivity index (χ3v) is 6.52. The van der Waals surface area contributed by atoms with Gasteiger partial charge in [0.25, 0.3) is 0 Å². The van der Waals surface area contributed by atoms with Crippen LogP contribution in [-0.2, 0) is 19.4 Å². The molecule has 0 heterocycles. The third-order valence-electron chi connectivity index (χ3n) is 6.07. The van der Waals surface area contributed by atoms with Crippen LogP contribution in [0.5, 0.6) is 0 Å². The van der Waals surface area contributed by atoms with Crippen molar-refractivity contribution in [3.8, 4) is 0 Å². The maximum Gasteiger partial charge on any atom is 1.00 e. The average molecular weight is 569 g/mol. The van der Waals surface area contributed by atoms with Crippen molar-refractivity contribution in [1.82, 2.24) is 0 Å². The van der Waals surface area contributed by atoms with Crippen LogP contribution in [-0.4, -0.2) is 30.7 Å². The Morgan fingerprint density at radius 3 is 1.53 bits per heavy atom. The Kier molecular flexibility index (Phi) is 38.8. The van der Waals surface area contributed by atoms with E-state index in [0.717, 1.165) is 38.5 Å². The Labute approximate surface area is 257 Å². The van der Waals surface area contributed by atoms with E-state index in [1.165, 1.54) is 89.9 Å². The van der Waals surface area contributed by atoms with Crippen LogP contribution in [0.4, 0.5) is 0 Å². The number of hydrogen-bond donors (Lipinski definition) is 1. The molecule has 0 atom stereocenters. The SMILES string of the molecule is CCCCC/C=C\C/C=C\CCCCCCCC(=O)O.CCCCCCCCCCCCOS(=O)(=O)[O-].[Na+]. The second-order valence-electron chi connectivity index (χ2n) is 9.79. The van der Waals surface area contributed by atoms with Crippen LogP contribution in [0.25, 0.3) is 0 Å². The normalized spacial score (nSPS) is 11.4. The molecular formula is C30H57NaO6S. The van der Waals surface area contributed by atoms with E-state index in [9.17, 15) is 17.8 Å². The van der Waals surface area contributed by atoms with Gasteiger partial charge in [0, 0.05) is 6.42 Å². The number of carboxylic acids is 1. The van der Waals surface area contributed by atoms with E-state index >= 15 is 0 Å². The Morgan fingerprint density at radius 1 is 0.658 bits per heavy atom. The maximum atomic E-state index is 10.3. The molecule has 0 aromatic carbocycles. The average Bonchev–Trinajstić information content (AvgIpc) is 2.84. The summed E-state index contributed by atoms with van der Waals surface area (Å²) < 4.78 is 34.5. The monoisotopic (exact) mass is 568 g/mol. The number of hydrogen-bond acceptors (Lipinski definition) is 5. The summed E-state index contributed by atoms with van der Waals surface area (Å²) in [5.41, 5.74) is 0. The summed E-state index contributed by atoms with van der Waals surface area (Å²) in [6.45, 7) is 4.48. The Balaban J connectivity index is -0.000000636. The molecule has 0 aliphatic heterocycles. The van der Waals surface area contributed by atoms with Gasteiger partial charge in [0.1, 0.15) is 0 Å². The molecule has 0 amide bonds. The van der Waals surface area contributed by atoms with E-state index in [2.05, 4.69) is 42.3 Å². The van der Waals surface area contributed by atoms with Crippen LogP contribution >= 0.6 is 0 Å². The smallest absolute Gasteiger partial charge is 0.726 e. The van der Waals surface area contributed by atoms with Crippen molar-refractivity contribution in [3.05, 3.63) is 24.3 Å². The molecule has 38 heavy (non-hydrogen) atoms. The molecule has 8 heteroatoms. The minimum Gasteiger partial charge on any atom is -0.726 e. The van der Waals surface area contributed by atoms with Crippen LogP contribution in [0, 0.1) is 0 Å². The first kappa shape index (κ1) is 42.3. The molecular weight excluding hydrogens is 511 g/mol. The van der Waals surface area contributed by atoms with E-state index in [1.807, 2.05) is 0 Å². The van der Waals surface area contributed by atoms with E-state index in [4.69, 9.17) is 5.11 Å². The van der Waals surface area contributed by atoms with Gasteiger partial charge in [-0.3, -0.25) is 8.98 Å². The quantitative estimate of drug-likeness (QED) is 0.0433. The molecule has 0 bridgehead atoms. The van der Waals surface area contributed by atoms with Crippen molar-refractivity contribution in [2.24, 2.45) is 0 Å². The Hall–Kier alpha value is -0.180. The van der Waals surface area contributed by atoms with Crippen molar-refractivity contribution in [1.29, 1.82) is 0 Å². The van der Waals surface area contributed by atoms with Crippen LogP contribution in [0.15, 0.2) is 24.3 Å². The van der Waals surface area contributed by atoms with Crippen LogP contribution in [0.2, 0.25) is 0 Å². The topological polar surface area (TPSA) is 104 Å². The number of rotatable bonds is 26. The van der Waals surface area contributed by atoms with Gasteiger partial charge in [0.15, 0.2) is 0 Å². The summed E-state index contributed by atoms with van der Waals surface area (Å²) >= 11 is 0. The van der Waals surface area contributed by atoms with Gasteiger partial charge in [-0.25, -0.2) is 8.42 Å². The predicted octanol–water partition coefficient (Wildman–Crippen LogP) is 6.27. The molecule has 0 spiro atoms. The number of aliphatic carboxylic acids is 1. The first-order valence-corrected chi connectivity index (χ1v) is 16.3. The summed E-state index contributed by atoms with van der Waals surface area (Å²) in [6, 6.07) is 0. The fraction of sp³-hybridized carbons (Fsp3) is 0.833. The zero-order chi connectivity index (χ0) is 27.9. The Morgan fingerprint density at radius 2 is 1.05 bits per heavy atom. The van der Waals surface area contributed by atoms with Gasteiger partial charge in [-0.2, -0.15) is 0 Å². The fourth-order valence-corrected chi connectivity index (χ4v) is 4.16. The van der Waals surface area contributed by atoms with E-state index < -0.39 is 16.4 Å². The van der Waals surface area contributed by atoms with E-state index in [-0.39, 0.29) is 36.2 Å². The molecule has 6 nitrogen and oxygen atoms in total. The summed E-state index contributed by atoms with van der Waals surface area (Å²) in [4.78, 5) is 10.3.